The van der Waals surface area contributed by atoms with Crippen molar-refractivity contribution in [3.05, 3.63) is 200 Å². The van der Waals surface area contributed by atoms with Crippen molar-refractivity contribution in [2.45, 2.75) is 13.8 Å². The van der Waals surface area contributed by atoms with Gasteiger partial charge in [0.2, 0.25) is 0 Å². The van der Waals surface area contributed by atoms with E-state index >= 15 is 0 Å². The van der Waals surface area contributed by atoms with E-state index < -0.39 is 0 Å². The van der Waals surface area contributed by atoms with Gasteiger partial charge in [-0.25, -0.2) is 0 Å². The lowest BCUT2D eigenvalue weighted by molar-refractivity contribution is 1.10. The topological polar surface area (TPSA) is 6.48 Å². The molecule has 6 aromatic rings. The van der Waals surface area contributed by atoms with Crippen LogP contribution in [0.5, 0.6) is 0 Å². The molecule has 0 heterocycles. The van der Waals surface area contributed by atoms with E-state index in [1.807, 2.05) is 24.3 Å². The molecule has 0 amide bonds. The Bertz CT molecular complexity index is 2090. The fourth-order valence-corrected chi connectivity index (χ4v) is 6.01. The molecule has 0 N–H and O–H groups in total. The fraction of sp³-hybridized carbons (Fsp3) is 0.0667. The maximum atomic E-state index is 4.02. The summed E-state index contributed by atoms with van der Waals surface area (Å²) in [4.78, 5) is 4.65. The number of hydrogen-bond acceptors (Lipinski definition) is 2. The Morgan fingerprint density at radius 3 is 2.19 bits per heavy atom. The normalized spacial score (nSPS) is 12.1. The van der Waals surface area contributed by atoms with Gasteiger partial charge in [-0.15, -0.1) is 0 Å². The first-order chi connectivity index (χ1) is 23.2. The lowest BCUT2D eigenvalue weighted by Gasteiger charge is -2.28. The van der Waals surface area contributed by atoms with Crippen molar-refractivity contribution < 1.29 is 0 Å². The monoisotopic (exact) mass is 606 g/mol. The Morgan fingerprint density at radius 1 is 0.702 bits per heavy atom. The summed E-state index contributed by atoms with van der Waals surface area (Å²) < 4.78 is 0. The summed E-state index contributed by atoms with van der Waals surface area (Å²) in [6.45, 7) is 8.84. The molecule has 47 heavy (non-hydrogen) atoms. The SMILES string of the molecule is C=C/C=C(\C=C/CN(c1ccccc1)c1cc#cc2ccccc12)c1ccc(N(C(/C=C\C)=C/C)c2cccc3ccccc23)cc1. The van der Waals surface area contributed by atoms with Gasteiger partial charge >= 0.3 is 0 Å². The molecular weight excluding hydrogens is 569 g/mol. The van der Waals surface area contributed by atoms with Crippen molar-refractivity contribution >= 4 is 49.9 Å². The third-order valence-electron chi connectivity index (χ3n) is 8.22. The molecule has 0 fully saturated rings. The summed E-state index contributed by atoms with van der Waals surface area (Å²) in [6.07, 6.45) is 14.7. The van der Waals surface area contributed by atoms with Crippen LogP contribution in [0.3, 0.4) is 0 Å². The van der Waals surface area contributed by atoms with Gasteiger partial charge in [-0.1, -0.05) is 140 Å². The number of hydrogen-bond donors (Lipinski definition) is 0. The molecule has 0 unspecified atom stereocenters. The van der Waals surface area contributed by atoms with Crippen molar-refractivity contribution in [3.63, 3.8) is 0 Å². The van der Waals surface area contributed by atoms with E-state index in [2.05, 4.69) is 188 Å². The Morgan fingerprint density at radius 2 is 1.43 bits per heavy atom. The minimum Gasteiger partial charge on any atom is -0.337 e. The van der Waals surface area contributed by atoms with Crippen molar-refractivity contribution in [1.82, 2.24) is 0 Å². The van der Waals surface area contributed by atoms with Gasteiger partial charge < -0.3 is 9.80 Å². The van der Waals surface area contributed by atoms with Crippen LogP contribution in [0, 0.1) is 12.1 Å². The maximum Gasteiger partial charge on any atom is 0.0584 e. The third-order valence-corrected chi connectivity index (χ3v) is 8.22. The van der Waals surface area contributed by atoms with E-state index in [-0.39, 0.29) is 0 Å². The lowest BCUT2D eigenvalue weighted by Crippen LogP contribution is -2.17. The predicted molar refractivity (Wildman–Crippen MR) is 203 cm³/mol. The van der Waals surface area contributed by atoms with Crippen LogP contribution in [0.15, 0.2) is 182 Å². The predicted octanol–water partition coefficient (Wildman–Crippen LogP) is 12.2. The highest BCUT2D eigenvalue weighted by molar-refractivity contribution is 5.98. The number of fused-ring (bicyclic) bond motifs is 2. The average Bonchev–Trinajstić information content (AvgIpc) is 3.13. The Balaban J connectivity index is 1.33. The Labute approximate surface area is 279 Å². The lowest BCUT2D eigenvalue weighted by atomic mass is 10.0. The van der Waals surface area contributed by atoms with Gasteiger partial charge in [0.1, 0.15) is 0 Å². The highest BCUT2D eigenvalue weighted by Crippen LogP contribution is 2.37. The van der Waals surface area contributed by atoms with E-state index in [4.69, 9.17) is 0 Å². The summed E-state index contributed by atoms with van der Waals surface area (Å²) in [5, 5.41) is 4.63. The third kappa shape index (κ3) is 6.81. The molecular formula is C45H38N2. The Hall–Kier alpha value is -6.04. The van der Waals surface area contributed by atoms with E-state index in [1.54, 1.807) is 0 Å². The van der Waals surface area contributed by atoms with Crippen molar-refractivity contribution in [2.24, 2.45) is 0 Å². The summed E-state index contributed by atoms with van der Waals surface area (Å²) in [5.41, 5.74) is 7.79. The zero-order chi connectivity index (χ0) is 32.4. The minimum atomic E-state index is 0.682. The van der Waals surface area contributed by atoms with Crippen molar-refractivity contribution in [2.75, 3.05) is 16.3 Å². The van der Waals surface area contributed by atoms with E-state index in [9.17, 15) is 0 Å². The number of rotatable bonds is 11. The molecule has 0 aromatic heterocycles. The van der Waals surface area contributed by atoms with Crippen LogP contribution in [0.1, 0.15) is 19.4 Å². The van der Waals surface area contributed by atoms with Gasteiger partial charge in [-0.3, -0.25) is 0 Å². The molecule has 2 heteroatoms. The van der Waals surface area contributed by atoms with Crippen LogP contribution >= 0.6 is 0 Å². The number of para-hydroxylation sites is 1. The van der Waals surface area contributed by atoms with Crippen molar-refractivity contribution in [1.29, 1.82) is 0 Å². The number of anilines is 4. The van der Waals surface area contributed by atoms with Crippen LogP contribution in [0.2, 0.25) is 0 Å². The zero-order valence-electron chi connectivity index (χ0n) is 27.0. The molecule has 2 nitrogen and oxygen atoms in total. The molecule has 0 spiro atoms. The van der Waals surface area contributed by atoms with Crippen LogP contribution in [-0.4, -0.2) is 6.54 Å². The summed E-state index contributed by atoms with van der Waals surface area (Å²) in [5.74, 6) is 0. The summed E-state index contributed by atoms with van der Waals surface area (Å²) >= 11 is 0. The van der Waals surface area contributed by atoms with Crippen LogP contribution in [-0.2, 0) is 0 Å². The standard InChI is InChI=1S/C45H38N2/c1-4-17-35(23-16-34-46(40-24-8-7-9-25-40)44-28-14-21-37-19-10-12-26-42(37)44)36-30-32-41(33-31-36)47(39(6-3)18-5-2)45-29-15-22-38-20-11-13-27-43(38)45/h4-13,15-20,22-33H,1,34H2,2-3H3/b18-5-,23-16-,35-17+,39-6+. The minimum absolute atomic E-state index is 0.682. The second kappa shape index (κ2) is 14.8. The molecule has 0 saturated carbocycles. The molecule has 6 aromatic carbocycles. The van der Waals surface area contributed by atoms with Crippen LogP contribution < -0.4 is 9.80 Å². The quantitative estimate of drug-likeness (QED) is 0.135. The second-order valence-corrected chi connectivity index (χ2v) is 11.1. The maximum absolute atomic E-state index is 4.02. The average molecular weight is 607 g/mol. The van der Waals surface area contributed by atoms with Gasteiger partial charge in [-0.2, -0.15) is 0 Å². The van der Waals surface area contributed by atoms with Crippen molar-refractivity contribution in [3.8, 4) is 0 Å². The molecule has 0 radical (unpaired) electrons. The molecule has 0 bridgehead atoms. The molecule has 0 saturated heterocycles. The first kappa shape index (κ1) is 31.0. The summed E-state index contributed by atoms with van der Waals surface area (Å²) in [7, 11) is 0. The smallest absolute Gasteiger partial charge is 0.0584 e. The Kier molecular flexibility index (Phi) is 9.77. The number of benzene rings is 5. The molecule has 0 atom stereocenters. The van der Waals surface area contributed by atoms with Crippen LogP contribution in [0.4, 0.5) is 22.7 Å². The van der Waals surface area contributed by atoms with E-state index in [0.717, 1.165) is 50.4 Å². The first-order valence-corrected chi connectivity index (χ1v) is 16.0. The number of allylic oxidation sites excluding steroid dienone is 7. The highest BCUT2D eigenvalue weighted by atomic mass is 15.1. The highest BCUT2D eigenvalue weighted by Gasteiger charge is 2.16. The second-order valence-electron chi connectivity index (χ2n) is 11.1. The van der Waals surface area contributed by atoms with Crippen LogP contribution in [0.25, 0.3) is 27.1 Å². The summed E-state index contributed by atoms with van der Waals surface area (Å²) in [6, 6.07) is 51.2. The fourth-order valence-electron chi connectivity index (χ4n) is 6.01. The molecule has 228 valence electrons. The van der Waals surface area contributed by atoms with Gasteiger partial charge in [0.15, 0.2) is 0 Å². The number of nitrogens with zero attached hydrogens (tertiary/aromatic N) is 2. The van der Waals surface area contributed by atoms with Gasteiger partial charge in [0, 0.05) is 45.8 Å². The molecule has 0 aliphatic rings. The molecule has 6 rings (SSSR count). The first-order valence-electron chi connectivity index (χ1n) is 16.0. The van der Waals surface area contributed by atoms with Gasteiger partial charge in [0.25, 0.3) is 0 Å². The van der Waals surface area contributed by atoms with Gasteiger partial charge in [0.05, 0.1) is 11.4 Å². The zero-order valence-corrected chi connectivity index (χ0v) is 27.0. The molecule has 0 aliphatic carbocycles. The van der Waals surface area contributed by atoms with E-state index in [1.165, 1.54) is 10.8 Å². The van der Waals surface area contributed by atoms with E-state index in [0.29, 0.717) is 6.54 Å². The van der Waals surface area contributed by atoms with Gasteiger partial charge in [-0.05, 0) is 72.8 Å². The molecule has 0 aliphatic heterocycles. The largest absolute Gasteiger partial charge is 0.337 e.